The van der Waals surface area contributed by atoms with E-state index in [0.29, 0.717) is 0 Å². The molecule has 0 N–H and O–H groups in total. The molecule has 27 heavy (non-hydrogen) atoms. The van der Waals surface area contributed by atoms with Crippen molar-refractivity contribution in [1.29, 1.82) is 0 Å². The molecule has 3 heteroatoms. The third-order valence-electron chi connectivity index (χ3n) is 5.06. The first-order valence-electron chi connectivity index (χ1n) is 8.80. The molecule has 2 aromatic rings. The molecule has 0 spiro atoms. The van der Waals surface area contributed by atoms with E-state index in [1.165, 1.54) is 22.3 Å². The smallest absolute Gasteiger partial charge is 1.00 e. The van der Waals surface area contributed by atoms with Gasteiger partial charge in [0.25, 0.3) is 0 Å². The minimum atomic E-state index is -0.991. The van der Waals surface area contributed by atoms with E-state index in [1.807, 2.05) is 0 Å². The summed E-state index contributed by atoms with van der Waals surface area (Å²) < 4.78 is 0.219. The number of hydrogen-bond acceptors (Lipinski definition) is 0. The van der Waals surface area contributed by atoms with Crippen LogP contribution in [0.15, 0.2) is 97.1 Å². The zero-order chi connectivity index (χ0) is 17.3. The summed E-state index contributed by atoms with van der Waals surface area (Å²) in [5, 5.41) is 0. The fraction of sp³-hybridized carbons (Fsp3) is 0.167. The van der Waals surface area contributed by atoms with E-state index in [2.05, 4.69) is 111 Å². The van der Waals surface area contributed by atoms with Crippen LogP contribution in [0.1, 0.15) is 22.3 Å². The zero-order valence-corrected chi connectivity index (χ0v) is 19.5. The van der Waals surface area contributed by atoms with Crippen LogP contribution < -0.4 is 24.8 Å². The minimum absolute atomic E-state index is 0. The maximum Gasteiger partial charge on any atom is -1.00 e. The summed E-state index contributed by atoms with van der Waals surface area (Å²) in [6.45, 7) is 4.38. The number of allylic oxidation sites excluding steroid dienone is 8. The molecule has 0 amide bonds. The predicted octanol–water partition coefficient (Wildman–Crippen LogP) is -0.263. The molecule has 2 aliphatic rings. The van der Waals surface area contributed by atoms with E-state index in [0.717, 1.165) is 0 Å². The second-order valence-electron chi connectivity index (χ2n) is 7.04. The second-order valence-corrected chi connectivity index (χ2v) is 11.7. The van der Waals surface area contributed by atoms with Crippen LogP contribution >= 0.6 is 0 Å². The van der Waals surface area contributed by atoms with Crippen LogP contribution in [-0.2, 0) is 29.5 Å². The third-order valence-corrected chi connectivity index (χ3v) is 10.2. The summed E-state index contributed by atoms with van der Waals surface area (Å²) in [5.74, 6) is 0. The van der Waals surface area contributed by atoms with Crippen LogP contribution in [0.5, 0.6) is 0 Å². The molecule has 0 atom stereocenters. The van der Waals surface area contributed by atoms with E-state index in [1.54, 1.807) is 0 Å². The molecule has 2 aliphatic carbocycles. The van der Waals surface area contributed by atoms with Crippen LogP contribution in [0.25, 0.3) is 0 Å². The third kappa shape index (κ3) is 4.32. The maximum atomic E-state index is 2.44. The van der Waals surface area contributed by atoms with Crippen molar-refractivity contribution in [2.45, 2.75) is 20.1 Å². The molecular weight excluding hydrogens is 450 g/mol. The van der Waals surface area contributed by atoms with E-state index in [-0.39, 0.29) is 31.1 Å². The van der Waals surface area contributed by atoms with Crippen LogP contribution in [0.2, 0.25) is 0 Å². The standard InChI is InChI=1S/2C12H11.2ClH.Zr/c2*1-10-5-4-8-12(9-10)11-6-2-3-7-11;;;/h2*2-9H,1H3;2*1H;/q;;;;+2/p-2. The molecule has 0 saturated heterocycles. The Morgan fingerprint density at radius 2 is 0.963 bits per heavy atom. The Labute approximate surface area is 186 Å². The van der Waals surface area contributed by atoms with Crippen LogP contribution in [-0.4, -0.2) is 0 Å². The van der Waals surface area contributed by atoms with Gasteiger partial charge in [-0.15, -0.1) is 0 Å². The molecule has 4 rings (SSSR count). The van der Waals surface area contributed by atoms with Crippen molar-refractivity contribution in [2.24, 2.45) is 0 Å². The van der Waals surface area contributed by atoms with Gasteiger partial charge >= 0.3 is 163 Å². The molecular formula is C24H22Cl2Zr. The Balaban J connectivity index is 0.00000131. The molecule has 0 bridgehead atoms. The first-order valence-corrected chi connectivity index (χ1v) is 11.3. The van der Waals surface area contributed by atoms with Crippen molar-refractivity contribution in [2.75, 3.05) is 0 Å². The number of halogens is 2. The van der Waals surface area contributed by atoms with Crippen molar-refractivity contribution in [3.05, 3.63) is 119 Å². The van der Waals surface area contributed by atoms with Crippen molar-refractivity contribution in [3.63, 3.8) is 0 Å². The van der Waals surface area contributed by atoms with Gasteiger partial charge in [0.05, 0.1) is 0 Å². The van der Waals surface area contributed by atoms with Gasteiger partial charge in [0.15, 0.2) is 0 Å². The van der Waals surface area contributed by atoms with Gasteiger partial charge in [-0.05, 0) is 0 Å². The molecule has 0 aliphatic heterocycles. The monoisotopic (exact) mass is 470 g/mol. The van der Waals surface area contributed by atoms with Gasteiger partial charge in [0.1, 0.15) is 0 Å². The normalized spacial score (nSPS) is 17.3. The summed E-state index contributed by atoms with van der Waals surface area (Å²) in [4.78, 5) is 0. The molecule has 0 unspecified atom stereocenters. The van der Waals surface area contributed by atoms with Crippen molar-refractivity contribution in [3.8, 4) is 0 Å². The second kappa shape index (κ2) is 8.91. The van der Waals surface area contributed by atoms with Gasteiger partial charge in [-0.2, -0.15) is 0 Å². The number of aryl methyl sites for hydroxylation is 2. The van der Waals surface area contributed by atoms with Gasteiger partial charge in [0.2, 0.25) is 0 Å². The summed E-state index contributed by atoms with van der Waals surface area (Å²) in [7, 11) is 0. The summed E-state index contributed by atoms with van der Waals surface area (Å²) >= 11 is -0.991. The predicted molar refractivity (Wildman–Crippen MR) is 102 cm³/mol. The van der Waals surface area contributed by atoms with Gasteiger partial charge in [-0.25, -0.2) is 0 Å². The van der Waals surface area contributed by atoms with Crippen LogP contribution in [0.3, 0.4) is 0 Å². The van der Waals surface area contributed by atoms with Gasteiger partial charge < -0.3 is 24.8 Å². The Bertz CT molecular complexity index is 822. The minimum Gasteiger partial charge on any atom is -1.00 e. The Kier molecular flexibility index (Phi) is 7.31. The largest absolute Gasteiger partial charge is 1.00 e. The zero-order valence-electron chi connectivity index (χ0n) is 15.5. The fourth-order valence-electron chi connectivity index (χ4n) is 3.78. The van der Waals surface area contributed by atoms with E-state index >= 15 is 0 Å². The Hall–Kier alpha value is -1.14. The van der Waals surface area contributed by atoms with Crippen LogP contribution in [0, 0.1) is 13.8 Å². The maximum absolute atomic E-state index is 2.44. The summed E-state index contributed by atoms with van der Waals surface area (Å²) in [6, 6.07) is 18.1. The average Bonchev–Trinajstić information content (AvgIpc) is 3.26. The van der Waals surface area contributed by atoms with E-state index < -0.39 is 23.2 Å². The summed E-state index contributed by atoms with van der Waals surface area (Å²) in [5.41, 5.74) is 5.58. The molecule has 0 aromatic heterocycles. The average molecular weight is 473 g/mol. The van der Waals surface area contributed by atoms with E-state index in [9.17, 15) is 0 Å². The van der Waals surface area contributed by atoms with Crippen LogP contribution in [0.4, 0.5) is 0 Å². The molecule has 0 fully saturated rings. The first-order chi connectivity index (χ1) is 12.1. The van der Waals surface area contributed by atoms with Gasteiger partial charge in [-0.3, -0.25) is 0 Å². The molecule has 0 radical (unpaired) electrons. The molecule has 0 nitrogen and oxygen atoms in total. The summed E-state index contributed by atoms with van der Waals surface area (Å²) in [6.07, 6.45) is 18.7. The first kappa shape index (κ1) is 22.2. The van der Waals surface area contributed by atoms with E-state index in [4.69, 9.17) is 0 Å². The van der Waals surface area contributed by atoms with Crippen molar-refractivity contribution < 1.29 is 48.0 Å². The molecule has 0 heterocycles. The molecule has 2 aromatic carbocycles. The van der Waals surface area contributed by atoms with Crippen molar-refractivity contribution in [1.82, 2.24) is 0 Å². The topological polar surface area (TPSA) is 0 Å². The Morgan fingerprint density at radius 1 is 0.593 bits per heavy atom. The molecule has 136 valence electrons. The van der Waals surface area contributed by atoms with Gasteiger partial charge in [0, 0.05) is 0 Å². The number of benzene rings is 2. The van der Waals surface area contributed by atoms with Gasteiger partial charge in [-0.1, -0.05) is 0 Å². The quantitative estimate of drug-likeness (QED) is 0.575. The molecule has 0 saturated carbocycles. The Morgan fingerprint density at radius 3 is 1.30 bits per heavy atom. The van der Waals surface area contributed by atoms with Crippen molar-refractivity contribution >= 4 is 0 Å². The number of rotatable bonds is 4. The number of hydrogen-bond donors (Lipinski definition) is 0. The fourth-order valence-corrected chi connectivity index (χ4v) is 8.71. The SMILES string of the molecule is Cc1cccc([C]2([Zr+2][C]3(c4cccc(C)c4)C=CC=C3)C=CC=C2)c1.[Cl-].[Cl-].